The van der Waals surface area contributed by atoms with Crippen molar-refractivity contribution in [3.8, 4) is 16.9 Å². The molecule has 3 aromatic rings. The number of aromatic nitrogens is 2. The van der Waals surface area contributed by atoms with Crippen molar-refractivity contribution in [1.29, 1.82) is 0 Å². The third-order valence-electron chi connectivity index (χ3n) is 6.48. The number of benzene rings is 2. The number of nitrogens with zero attached hydrogens (tertiary/aromatic N) is 3. The van der Waals surface area contributed by atoms with E-state index in [-0.39, 0.29) is 12.1 Å². The van der Waals surface area contributed by atoms with Crippen LogP contribution in [0, 0.1) is 13.8 Å². The Morgan fingerprint density at radius 1 is 1.16 bits per heavy atom. The van der Waals surface area contributed by atoms with Gasteiger partial charge in [0.05, 0.1) is 30.2 Å². The molecule has 0 spiro atoms. The molecule has 5 rings (SSSR count). The zero-order valence-corrected chi connectivity index (χ0v) is 18.6. The highest BCUT2D eigenvalue weighted by molar-refractivity contribution is 5.83. The Hall–Kier alpha value is -3.35. The van der Waals surface area contributed by atoms with Crippen LogP contribution in [0.25, 0.3) is 22.2 Å². The largest absolute Gasteiger partial charge is 0.491 e. The number of urea groups is 1. The minimum atomic E-state index is -0.322. The van der Waals surface area contributed by atoms with Crippen LogP contribution in [0.4, 0.5) is 4.79 Å². The van der Waals surface area contributed by atoms with E-state index < -0.39 is 0 Å². The molecule has 1 saturated heterocycles. The normalized spacial score (nSPS) is 18.8. The van der Waals surface area contributed by atoms with Gasteiger partial charge in [-0.3, -0.25) is 0 Å². The maximum Gasteiger partial charge on any atom is 0.321 e. The lowest BCUT2D eigenvalue weighted by molar-refractivity contribution is -0.112. The zero-order chi connectivity index (χ0) is 22.2. The number of imidazole rings is 1. The number of rotatable bonds is 2. The molecule has 7 heteroatoms. The average molecular weight is 433 g/mol. The highest BCUT2D eigenvalue weighted by Crippen LogP contribution is 2.34. The van der Waals surface area contributed by atoms with Gasteiger partial charge in [-0.25, -0.2) is 9.78 Å². The van der Waals surface area contributed by atoms with E-state index in [1.165, 1.54) is 0 Å². The Morgan fingerprint density at radius 2 is 2.03 bits per heavy atom. The molecule has 0 bridgehead atoms. The lowest BCUT2D eigenvalue weighted by atomic mass is 9.98. The first-order chi connectivity index (χ1) is 15.5. The van der Waals surface area contributed by atoms with Gasteiger partial charge in [0, 0.05) is 12.1 Å². The van der Waals surface area contributed by atoms with Crippen molar-refractivity contribution in [2.75, 3.05) is 19.7 Å². The van der Waals surface area contributed by atoms with Crippen LogP contribution in [-0.4, -0.2) is 57.8 Å². The molecule has 1 N–H and O–H groups in total. The van der Waals surface area contributed by atoms with Crippen LogP contribution >= 0.6 is 0 Å². The summed E-state index contributed by atoms with van der Waals surface area (Å²) in [7, 11) is 0. The molecular formula is C25H28N4O3. The summed E-state index contributed by atoms with van der Waals surface area (Å²) in [5.74, 6) is 1.75. The number of hydrogen-bond donors (Lipinski definition) is 1. The molecule has 7 nitrogen and oxygen atoms in total. The van der Waals surface area contributed by atoms with E-state index in [1.807, 2.05) is 24.8 Å². The molecule has 2 aromatic carbocycles. The molecule has 1 atom stereocenters. The van der Waals surface area contributed by atoms with Gasteiger partial charge >= 0.3 is 6.03 Å². The van der Waals surface area contributed by atoms with E-state index in [1.54, 1.807) is 4.90 Å². The van der Waals surface area contributed by atoms with Crippen molar-refractivity contribution in [2.45, 2.75) is 45.7 Å². The predicted molar refractivity (Wildman–Crippen MR) is 123 cm³/mol. The molecule has 1 aromatic heterocycles. The first kappa shape index (κ1) is 20.5. The Bertz CT molecular complexity index is 1190. The molecule has 32 heavy (non-hydrogen) atoms. The van der Waals surface area contributed by atoms with Crippen molar-refractivity contribution < 1.29 is 14.3 Å². The Labute approximate surface area is 187 Å². The predicted octanol–water partition coefficient (Wildman–Crippen LogP) is 4.21. The number of aromatic amines is 1. The van der Waals surface area contributed by atoms with Gasteiger partial charge in [0.2, 0.25) is 0 Å². The number of aldehydes is 1. The maximum absolute atomic E-state index is 13.3. The number of aryl methyl sites for hydroxylation is 2. The molecule has 0 aliphatic carbocycles. The summed E-state index contributed by atoms with van der Waals surface area (Å²) in [4.78, 5) is 36.2. The molecule has 1 unspecified atom stereocenters. The highest BCUT2D eigenvalue weighted by atomic mass is 16.5. The highest BCUT2D eigenvalue weighted by Gasteiger charge is 2.31. The summed E-state index contributed by atoms with van der Waals surface area (Å²) in [5, 5.41) is 0. The molecule has 2 amide bonds. The van der Waals surface area contributed by atoms with E-state index in [0.29, 0.717) is 26.2 Å². The summed E-state index contributed by atoms with van der Waals surface area (Å²) in [6.07, 6.45) is 3.58. The van der Waals surface area contributed by atoms with Gasteiger partial charge < -0.3 is 24.3 Å². The van der Waals surface area contributed by atoms with E-state index >= 15 is 0 Å². The Balaban J connectivity index is 1.47. The number of H-pyrrole nitrogens is 1. The van der Waals surface area contributed by atoms with Crippen LogP contribution in [0.1, 0.15) is 36.2 Å². The van der Waals surface area contributed by atoms with Crippen molar-refractivity contribution in [2.24, 2.45) is 0 Å². The number of likely N-dealkylation sites (tertiary alicyclic amines) is 1. The van der Waals surface area contributed by atoms with Gasteiger partial charge in [0.1, 0.15) is 24.5 Å². The molecule has 166 valence electrons. The second kappa shape index (κ2) is 8.30. The van der Waals surface area contributed by atoms with Gasteiger partial charge in [-0.1, -0.05) is 6.07 Å². The molecule has 3 heterocycles. The fourth-order valence-corrected chi connectivity index (χ4v) is 4.88. The number of carbonyl (C=O) groups is 2. The summed E-state index contributed by atoms with van der Waals surface area (Å²) in [6.45, 7) is 6.05. The summed E-state index contributed by atoms with van der Waals surface area (Å²) < 4.78 is 6.07. The molecule has 0 radical (unpaired) electrons. The van der Waals surface area contributed by atoms with Crippen molar-refractivity contribution >= 4 is 23.4 Å². The number of nitrogens with one attached hydrogen (secondary N) is 1. The van der Waals surface area contributed by atoms with Crippen LogP contribution in [0.3, 0.4) is 0 Å². The maximum atomic E-state index is 13.3. The van der Waals surface area contributed by atoms with E-state index in [9.17, 15) is 9.59 Å². The van der Waals surface area contributed by atoms with E-state index in [4.69, 9.17) is 4.74 Å². The molecule has 1 fully saturated rings. The van der Waals surface area contributed by atoms with Crippen LogP contribution in [0.15, 0.2) is 30.3 Å². The standard InChI is InChI=1S/C25H28N4O3/c1-16-11-19(18-6-7-22-23(13-18)27-17(2)26-22)12-20-14-28(9-10-32-24(16)20)25(31)29-8-4-3-5-21(29)15-30/h6-7,11-13,15,21H,3-5,8-10,14H2,1-2H3,(H,26,27). The number of hydrogen-bond acceptors (Lipinski definition) is 4. The topological polar surface area (TPSA) is 78.5 Å². The number of piperidine rings is 1. The van der Waals surface area contributed by atoms with Crippen LogP contribution in [0.2, 0.25) is 0 Å². The fourth-order valence-electron chi connectivity index (χ4n) is 4.88. The minimum Gasteiger partial charge on any atom is -0.491 e. The number of ether oxygens (including phenoxy) is 1. The monoisotopic (exact) mass is 432 g/mol. The smallest absolute Gasteiger partial charge is 0.321 e. The lowest BCUT2D eigenvalue weighted by Gasteiger charge is -2.36. The van der Waals surface area contributed by atoms with Crippen molar-refractivity contribution in [1.82, 2.24) is 19.8 Å². The van der Waals surface area contributed by atoms with E-state index in [0.717, 1.165) is 70.4 Å². The second-order valence-electron chi connectivity index (χ2n) is 8.78. The van der Waals surface area contributed by atoms with Crippen LogP contribution in [0.5, 0.6) is 5.75 Å². The Morgan fingerprint density at radius 3 is 2.88 bits per heavy atom. The lowest BCUT2D eigenvalue weighted by Crippen LogP contribution is -2.51. The first-order valence-electron chi connectivity index (χ1n) is 11.3. The molecular weight excluding hydrogens is 404 g/mol. The third kappa shape index (κ3) is 3.72. The van der Waals surface area contributed by atoms with Gasteiger partial charge in [-0.2, -0.15) is 0 Å². The van der Waals surface area contributed by atoms with Crippen molar-refractivity contribution in [3.05, 3.63) is 47.3 Å². The van der Waals surface area contributed by atoms with Gasteiger partial charge in [0.15, 0.2) is 0 Å². The second-order valence-corrected chi connectivity index (χ2v) is 8.78. The molecule has 0 saturated carbocycles. The first-order valence-corrected chi connectivity index (χ1v) is 11.3. The van der Waals surface area contributed by atoms with Crippen LogP contribution < -0.4 is 4.74 Å². The fraction of sp³-hybridized carbons (Fsp3) is 0.400. The molecule has 2 aliphatic rings. The zero-order valence-electron chi connectivity index (χ0n) is 18.6. The average Bonchev–Trinajstić information content (AvgIpc) is 3.03. The van der Waals surface area contributed by atoms with Gasteiger partial charge in [-0.15, -0.1) is 0 Å². The SMILES string of the molecule is Cc1nc2ccc(-c3cc(C)c4c(c3)CN(C(=O)N3CCCCC3C=O)CCO4)cc2[nH]1. The number of amides is 2. The van der Waals surface area contributed by atoms with Crippen molar-refractivity contribution in [3.63, 3.8) is 0 Å². The summed E-state index contributed by atoms with van der Waals surface area (Å²) in [6, 6.07) is 10.1. The third-order valence-corrected chi connectivity index (χ3v) is 6.48. The quantitative estimate of drug-likeness (QED) is 0.615. The number of carbonyl (C=O) groups excluding carboxylic acids is 2. The van der Waals surface area contributed by atoms with Gasteiger partial charge in [0.25, 0.3) is 0 Å². The number of fused-ring (bicyclic) bond motifs is 2. The van der Waals surface area contributed by atoms with E-state index in [2.05, 4.69) is 34.2 Å². The minimum absolute atomic E-state index is 0.0735. The summed E-state index contributed by atoms with van der Waals surface area (Å²) in [5.41, 5.74) is 6.17. The van der Waals surface area contributed by atoms with Crippen LogP contribution in [-0.2, 0) is 11.3 Å². The Kier molecular flexibility index (Phi) is 5.33. The van der Waals surface area contributed by atoms with Gasteiger partial charge in [-0.05, 0) is 74.1 Å². The molecule has 2 aliphatic heterocycles. The summed E-state index contributed by atoms with van der Waals surface area (Å²) >= 11 is 0.